The van der Waals surface area contributed by atoms with Gasteiger partial charge in [-0.15, -0.1) is 0 Å². The van der Waals surface area contributed by atoms with Crippen LogP contribution in [0.5, 0.6) is 0 Å². The highest BCUT2D eigenvalue weighted by Gasteiger charge is 2.36. The van der Waals surface area contributed by atoms with E-state index in [2.05, 4.69) is 5.32 Å². The normalized spacial score (nSPS) is 16.9. The van der Waals surface area contributed by atoms with Crippen molar-refractivity contribution in [2.45, 2.75) is 37.6 Å². The van der Waals surface area contributed by atoms with Crippen molar-refractivity contribution in [2.75, 3.05) is 5.32 Å². The van der Waals surface area contributed by atoms with Crippen LogP contribution in [-0.4, -0.2) is 21.5 Å². The third-order valence-corrected chi connectivity index (χ3v) is 4.51. The molecule has 0 amide bonds. The number of carboxylic acids is 1. The Balaban J connectivity index is 2.23. The molecular weight excluding hydrogens is 375 g/mol. The molecule has 0 saturated heterocycles. The number of aliphatic carboxylic acids is 1. The van der Waals surface area contributed by atoms with Crippen molar-refractivity contribution in [3.8, 4) is 0 Å². The van der Waals surface area contributed by atoms with Gasteiger partial charge in [-0.05, 0) is 41.5 Å². The highest BCUT2D eigenvalue weighted by atomic mass is 127. The zero-order valence-electron chi connectivity index (χ0n) is 10.8. The number of carboxylic acid groups (broad SMARTS) is 1. The van der Waals surface area contributed by atoms with Gasteiger partial charge in [-0.25, -0.2) is 0 Å². The Hall–Kier alpha value is -1.38. The van der Waals surface area contributed by atoms with Crippen molar-refractivity contribution in [3.05, 3.63) is 31.9 Å². The smallest absolute Gasteiger partial charge is 0.305 e. The van der Waals surface area contributed by atoms with Crippen molar-refractivity contribution in [1.29, 1.82) is 0 Å². The standard InChI is InChI=1S/C13H15IN2O4/c14-10-7-9(16(19)20)3-4-11(10)15-13(8-12(17)18)5-1-2-6-13/h3-4,7,15H,1-2,5-6,8H2,(H,17,18). The van der Waals surface area contributed by atoms with Gasteiger partial charge in [-0.1, -0.05) is 12.8 Å². The van der Waals surface area contributed by atoms with Crippen LogP contribution in [0.2, 0.25) is 0 Å². The fourth-order valence-corrected chi connectivity index (χ4v) is 3.33. The van der Waals surface area contributed by atoms with E-state index in [0.29, 0.717) is 0 Å². The van der Waals surface area contributed by atoms with Gasteiger partial charge >= 0.3 is 5.97 Å². The Bertz CT molecular complexity index is 541. The van der Waals surface area contributed by atoms with Gasteiger partial charge in [0.2, 0.25) is 0 Å². The first-order valence-corrected chi connectivity index (χ1v) is 7.44. The summed E-state index contributed by atoms with van der Waals surface area (Å²) in [5.41, 5.74) is 0.375. The molecule has 0 spiro atoms. The van der Waals surface area contributed by atoms with Crippen LogP contribution in [0.15, 0.2) is 18.2 Å². The van der Waals surface area contributed by atoms with E-state index in [4.69, 9.17) is 5.11 Å². The Kier molecular flexibility index (Phi) is 4.46. The number of hydrogen-bond acceptors (Lipinski definition) is 4. The van der Waals surface area contributed by atoms with Crippen molar-refractivity contribution < 1.29 is 14.8 Å². The van der Waals surface area contributed by atoms with E-state index in [9.17, 15) is 14.9 Å². The van der Waals surface area contributed by atoms with E-state index in [1.807, 2.05) is 22.6 Å². The molecule has 7 heteroatoms. The lowest BCUT2D eigenvalue weighted by molar-refractivity contribution is -0.384. The average Bonchev–Trinajstić information content (AvgIpc) is 2.79. The number of rotatable bonds is 5. The number of nitro benzene ring substituents is 1. The maximum Gasteiger partial charge on any atom is 0.305 e. The Morgan fingerprint density at radius 1 is 1.45 bits per heavy atom. The van der Waals surface area contributed by atoms with Crippen molar-refractivity contribution in [1.82, 2.24) is 0 Å². The monoisotopic (exact) mass is 390 g/mol. The van der Waals surface area contributed by atoms with Crippen LogP contribution in [0.25, 0.3) is 0 Å². The van der Waals surface area contributed by atoms with Gasteiger partial charge in [-0.3, -0.25) is 14.9 Å². The summed E-state index contributed by atoms with van der Waals surface area (Å²) in [6.07, 6.45) is 3.70. The van der Waals surface area contributed by atoms with Gasteiger partial charge in [0.25, 0.3) is 5.69 Å². The molecular formula is C13H15IN2O4. The molecule has 1 aromatic rings. The largest absolute Gasteiger partial charge is 0.481 e. The molecule has 1 aliphatic carbocycles. The highest BCUT2D eigenvalue weighted by molar-refractivity contribution is 14.1. The van der Waals surface area contributed by atoms with Crippen LogP contribution >= 0.6 is 22.6 Å². The van der Waals surface area contributed by atoms with E-state index in [-0.39, 0.29) is 12.1 Å². The molecule has 0 heterocycles. The van der Waals surface area contributed by atoms with E-state index < -0.39 is 16.4 Å². The van der Waals surface area contributed by atoms with Gasteiger partial charge < -0.3 is 10.4 Å². The second-order valence-corrected chi connectivity index (χ2v) is 6.27. The number of benzene rings is 1. The van der Waals surface area contributed by atoms with E-state index in [1.165, 1.54) is 12.1 Å². The molecule has 0 unspecified atom stereocenters. The number of halogens is 1. The molecule has 20 heavy (non-hydrogen) atoms. The molecule has 108 valence electrons. The molecule has 0 atom stereocenters. The number of hydrogen-bond donors (Lipinski definition) is 2. The summed E-state index contributed by atoms with van der Waals surface area (Å²) < 4.78 is 0.730. The summed E-state index contributed by atoms with van der Waals surface area (Å²) in [4.78, 5) is 21.3. The number of nitrogens with one attached hydrogen (secondary N) is 1. The Morgan fingerprint density at radius 2 is 2.10 bits per heavy atom. The first-order chi connectivity index (χ1) is 9.42. The van der Waals surface area contributed by atoms with Crippen molar-refractivity contribution in [3.63, 3.8) is 0 Å². The summed E-state index contributed by atoms with van der Waals surface area (Å²) >= 11 is 2.03. The molecule has 1 fully saturated rings. The third-order valence-electron chi connectivity index (χ3n) is 3.61. The molecule has 0 radical (unpaired) electrons. The maximum atomic E-state index is 11.0. The van der Waals surface area contributed by atoms with E-state index in [0.717, 1.165) is 34.9 Å². The minimum Gasteiger partial charge on any atom is -0.481 e. The predicted octanol–water partition coefficient (Wildman–Crippen LogP) is 3.40. The number of non-ortho nitro benzene ring substituents is 1. The van der Waals surface area contributed by atoms with Crippen molar-refractivity contribution in [2.24, 2.45) is 0 Å². The number of nitro groups is 1. The summed E-state index contributed by atoms with van der Waals surface area (Å²) in [5.74, 6) is -0.823. The van der Waals surface area contributed by atoms with Crippen LogP contribution < -0.4 is 5.32 Å². The summed E-state index contributed by atoms with van der Waals surface area (Å²) in [6, 6.07) is 4.59. The first-order valence-electron chi connectivity index (χ1n) is 6.36. The molecule has 2 N–H and O–H groups in total. The molecule has 0 aliphatic heterocycles. The number of anilines is 1. The molecule has 0 aromatic heterocycles. The lowest BCUT2D eigenvalue weighted by atomic mass is 9.93. The highest BCUT2D eigenvalue weighted by Crippen LogP contribution is 2.37. The van der Waals surface area contributed by atoms with Gasteiger partial charge in [0.15, 0.2) is 0 Å². The van der Waals surface area contributed by atoms with Crippen LogP contribution in [0.1, 0.15) is 32.1 Å². The lowest BCUT2D eigenvalue weighted by Gasteiger charge is -2.30. The van der Waals surface area contributed by atoms with Crippen LogP contribution in [0.4, 0.5) is 11.4 Å². The molecule has 1 saturated carbocycles. The second kappa shape index (κ2) is 5.94. The SMILES string of the molecule is O=C(O)CC1(Nc2ccc([N+](=O)[O-])cc2I)CCCC1. The second-order valence-electron chi connectivity index (χ2n) is 5.10. The summed E-state index contributed by atoms with van der Waals surface area (Å²) in [7, 11) is 0. The third kappa shape index (κ3) is 3.38. The fourth-order valence-electron chi connectivity index (χ4n) is 2.69. The van der Waals surface area contributed by atoms with Crippen LogP contribution in [0, 0.1) is 13.7 Å². The maximum absolute atomic E-state index is 11.0. The lowest BCUT2D eigenvalue weighted by Crippen LogP contribution is -2.37. The molecule has 1 aliphatic rings. The van der Waals surface area contributed by atoms with Crippen molar-refractivity contribution >= 4 is 39.9 Å². The summed E-state index contributed by atoms with van der Waals surface area (Å²) in [5, 5.41) is 23.1. The van der Waals surface area contributed by atoms with E-state index >= 15 is 0 Å². The summed E-state index contributed by atoms with van der Waals surface area (Å²) in [6.45, 7) is 0. The minimum absolute atomic E-state index is 0.0404. The predicted molar refractivity (Wildman–Crippen MR) is 82.9 cm³/mol. The van der Waals surface area contributed by atoms with Gasteiger partial charge in [-0.2, -0.15) is 0 Å². The fraction of sp³-hybridized carbons (Fsp3) is 0.462. The number of carbonyl (C=O) groups is 1. The molecule has 1 aromatic carbocycles. The minimum atomic E-state index is -0.823. The first kappa shape index (κ1) is 15.0. The van der Waals surface area contributed by atoms with Crippen LogP contribution in [0.3, 0.4) is 0 Å². The Morgan fingerprint density at radius 3 is 2.60 bits per heavy atom. The quantitative estimate of drug-likeness (QED) is 0.457. The average molecular weight is 390 g/mol. The zero-order valence-corrected chi connectivity index (χ0v) is 12.9. The van der Waals surface area contributed by atoms with Gasteiger partial charge in [0.05, 0.1) is 11.3 Å². The zero-order chi connectivity index (χ0) is 14.8. The topological polar surface area (TPSA) is 92.5 Å². The molecule has 2 rings (SSSR count). The number of nitrogens with zero attached hydrogens (tertiary/aromatic N) is 1. The molecule has 6 nitrogen and oxygen atoms in total. The van der Waals surface area contributed by atoms with Crippen LogP contribution in [-0.2, 0) is 4.79 Å². The van der Waals surface area contributed by atoms with Gasteiger partial charge in [0.1, 0.15) is 0 Å². The van der Waals surface area contributed by atoms with Gasteiger partial charge in [0, 0.05) is 26.9 Å². The Labute approximate surface area is 129 Å². The van der Waals surface area contributed by atoms with E-state index in [1.54, 1.807) is 6.07 Å². The molecule has 0 bridgehead atoms.